The second kappa shape index (κ2) is 6.42. The van der Waals surface area contributed by atoms with Crippen molar-refractivity contribution >= 4 is 40.1 Å². The van der Waals surface area contributed by atoms with Gasteiger partial charge in [-0.05, 0) is 42.3 Å². The summed E-state index contributed by atoms with van der Waals surface area (Å²) in [5.41, 5.74) is 1.01. The van der Waals surface area contributed by atoms with E-state index < -0.39 is 8.07 Å². The summed E-state index contributed by atoms with van der Waals surface area (Å²) in [5, 5.41) is 1.18. The fraction of sp³-hybridized carbons (Fsp3) is 0.471. The van der Waals surface area contributed by atoms with E-state index in [2.05, 4.69) is 31.8 Å². The van der Waals surface area contributed by atoms with Crippen molar-refractivity contribution in [1.29, 1.82) is 0 Å². The van der Waals surface area contributed by atoms with Crippen molar-refractivity contribution in [3.05, 3.63) is 23.8 Å². The first kappa shape index (κ1) is 17.0. The van der Waals surface area contributed by atoms with Crippen molar-refractivity contribution < 1.29 is 9.53 Å². The van der Waals surface area contributed by atoms with Crippen molar-refractivity contribution in [3.63, 3.8) is 0 Å². The highest BCUT2D eigenvalue weighted by Gasteiger charge is 2.22. The number of benzene rings is 1. The third-order valence-electron chi connectivity index (χ3n) is 3.79. The number of rotatable bonds is 4. The molecule has 2 aromatic rings. The molecule has 0 spiro atoms. The third kappa shape index (κ3) is 3.36. The van der Waals surface area contributed by atoms with Crippen LogP contribution in [0.3, 0.4) is 0 Å². The van der Waals surface area contributed by atoms with Gasteiger partial charge in [0.1, 0.15) is 0 Å². The van der Waals surface area contributed by atoms with Crippen LogP contribution in [-0.4, -0.2) is 32.2 Å². The van der Waals surface area contributed by atoms with Crippen molar-refractivity contribution in [3.8, 4) is 5.75 Å². The molecular weight excluding hydrogens is 310 g/mol. The molecule has 1 aromatic heterocycles. The molecule has 0 fully saturated rings. The van der Waals surface area contributed by atoms with Gasteiger partial charge in [0.25, 0.3) is 0 Å². The van der Waals surface area contributed by atoms with Gasteiger partial charge in [0.05, 0.1) is 12.8 Å². The molecule has 0 N–H and O–H groups in total. The van der Waals surface area contributed by atoms with E-state index in [0.717, 1.165) is 16.0 Å². The van der Waals surface area contributed by atoms with Crippen LogP contribution < -0.4 is 9.24 Å². The minimum absolute atomic E-state index is 0.261. The zero-order valence-corrected chi connectivity index (χ0v) is 16.1. The predicted octanol–water partition coefficient (Wildman–Crippen LogP) is 4.60. The van der Waals surface area contributed by atoms with Crippen molar-refractivity contribution in [2.75, 3.05) is 13.1 Å². The molecule has 0 bridgehead atoms. The lowest BCUT2D eigenvalue weighted by molar-refractivity contribution is 0.157. The maximum absolute atomic E-state index is 12.3. The lowest BCUT2D eigenvalue weighted by atomic mass is 10.2. The Morgan fingerprint density at radius 3 is 2.41 bits per heavy atom. The molecule has 5 heteroatoms. The van der Waals surface area contributed by atoms with Gasteiger partial charge < -0.3 is 9.64 Å². The largest absolute Gasteiger partial charge is 0.415 e. The Balaban J connectivity index is 2.46. The molecule has 1 aromatic carbocycles. The van der Waals surface area contributed by atoms with E-state index in [4.69, 9.17) is 4.74 Å². The maximum Gasteiger partial charge on any atom is 0.415 e. The van der Waals surface area contributed by atoms with Crippen LogP contribution in [0.4, 0.5) is 4.79 Å². The Hall–Kier alpha value is -1.33. The SMILES string of the molecule is CCN(CC)C(=O)Oc1c(C)ccc2cc([Si](C)(C)C)sc12. The van der Waals surface area contributed by atoms with Gasteiger partial charge in [-0.15, -0.1) is 11.3 Å². The molecule has 0 aliphatic rings. The Kier molecular flexibility index (Phi) is 4.97. The van der Waals surface area contributed by atoms with Gasteiger partial charge in [-0.1, -0.05) is 31.8 Å². The summed E-state index contributed by atoms with van der Waals surface area (Å²) < 4.78 is 8.27. The van der Waals surface area contributed by atoms with Gasteiger partial charge in [-0.3, -0.25) is 0 Å². The van der Waals surface area contributed by atoms with Crippen molar-refractivity contribution in [2.24, 2.45) is 0 Å². The Morgan fingerprint density at radius 2 is 1.86 bits per heavy atom. The van der Waals surface area contributed by atoms with Crippen LogP contribution in [0, 0.1) is 6.92 Å². The molecule has 3 nitrogen and oxygen atoms in total. The molecule has 1 amide bonds. The van der Waals surface area contributed by atoms with E-state index in [0.29, 0.717) is 13.1 Å². The number of fused-ring (bicyclic) bond motifs is 1. The number of amides is 1. The normalized spacial score (nSPS) is 11.7. The molecule has 0 aliphatic carbocycles. The van der Waals surface area contributed by atoms with Gasteiger partial charge in [0.2, 0.25) is 0 Å². The fourth-order valence-corrected chi connectivity index (χ4v) is 5.37. The number of ether oxygens (including phenoxy) is 1. The molecule has 120 valence electrons. The molecular formula is C17H25NO2SSi. The summed E-state index contributed by atoms with van der Waals surface area (Å²) >= 11 is 1.78. The van der Waals surface area contributed by atoms with Crippen molar-refractivity contribution in [1.82, 2.24) is 4.90 Å². The number of hydrogen-bond donors (Lipinski definition) is 0. The first-order valence-corrected chi connectivity index (χ1v) is 12.1. The highest BCUT2D eigenvalue weighted by Crippen LogP contribution is 2.34. The van der Waals surface area contributed by atoms with E-state index in [1.54, 1.807) is 16.2 Å². The van der Waals surface area contributed by atoms with Gasteiger partial charge in [-0.25, -0.2) is 4.79 Å². The quantitative estimate of drug-likeness (QED) is 0.765. The van der Waals surface area contributed by atoms with Crippen LogP contribution in [0.25, 0.3) is 10.1 Å². The minimum atomic E-state index is -1.36. The molecule has 1 heterocycles. The van der Waals surface area contributed by atoms with Gasteiger partial charge in [-0.2, -0.15) is 0 Å². The maximum atomic E-state index is 12.3. The van der Waals surface area contributed by atoms with Gasteiger partial charge in [0, 0.05) is 13.1 Å². The summed E-state index contributed by atoms with van der Waals surface area (Å²) in [4.78, 5) is 14.0. The predicted molar refractivity (Wildman–Crippen MR) is 98.5 cm³/mol. The zero-order chi connectivity index (χ0) is 16.5. The lowest BCUT2D eigenvalue weighted by Gasteiger charge is -2.19. The first-order chi connectivity index (χ1) is 10.3. The Bertz CT molecular complexity index is 684. The smallest absolute Gasteiger partial charge is 0.408 e. The van der Waals surface area contributed by atoms with E-state index in [1.807, 2.05) is 26.8 Å². The number of carbonyl (C=O) groups is 1. The number of hydrogen-bond acceptors (Lipinski definition) is 3. The number of thiophene rings is 1. The van der Waals surface area contributed by atoms with Crippen LogP contribution in [0.5, 0.6) is 5.75 Å². The van der Waals surface area contributed by atoms with E-state index >= 15 is 0 Å². The topological polar surface area (TPSA) is 29.5 Å². The average Bonchev–Trinajstić information content (AvgIpc) is 2.88. The van der Waals surface area contributed by atoms with Crippen LogP contribution in [0.15, 0.2) is 18.2 Å². The van der Waals surface area contributed by atoms with E-state index in [1.165, 1.54) is 9.89 Å². The molecule has 0 saturated carbocycles. The van der Waals surface area contributed by atoms with Gasteiger partial charge in [0.15, 0.2) is 5.75 Å². The number of carbonyl (C=O) groups excluding carboxylic acids is 1. The van der Waals surface area contributed by atoms with Crippen LogP contribution in [0.1, 0.15) is 19.4 Å². The second-order valence-electron chi connectivity index (χ2n) is 6.53. The van der Waals surface area contributed by atoms with Crippen LogP contribution in [-0.2, 0) is 0 Å². The highest BCUT2D eigenvalue weighted by molar-refractivity contribution is 7.31. The molecule has 0 unspecified atom stereocenters. The van der Waals surface area contributed by atoms with Crippen LogP contribution >= 0.6 is 11.3 Å². The molecule has 2 rings (SSSR count). The first-order valence-electron chi connectivity index (χ1n) is 7.78. The summed E-state index contributed by atoms with van der Waals surface area (Å²) in [7, 11) is -1.36. The van der Waals surface area contributed by atoms with E-state index in [9.17, 15) is 4.79 Å². The Morgan fingerprint density at radius 1 is 1.23 bits per heavy atom. The monoisotopic (exact) mass is 335 g/mol. The van der Waals surface area contributed by atoms with Crippen LogP contribution in [0.2, 0.25) is 19.6 Å². The fourth-order valence-electron chi connectivity index (χ4n) is 2.31. The molecule has 0 radical (unpaired) electrons. The summed E-state index contributed by atoms with van der Waals surface area (Å²) in [6, 6.07) is 6.42. The van der Waals surface area contributed by atoms with Crippen molar-refractivity contribution in [2.45, 2.75) is 40.4 Å². The minimum Gasteiger partial charge on any atom is -0.408 e. The molecule has 0 atom stereocenters. The van der Waals surface area contributed by atoms with Gasteiger partial charge >= 0.3 is 6.09 Å². The molecule has 0 aliphatic heterocycles. The number of aryl methyl sites for hydroxylation is 1. The Labute approximate surface area is 137 Å². The summed E-state index contributed by atoms with van der Waals surface area (Å²) in [6.07, 6.45) is -0.261. The third-order valence-corrected chi connectivity index (χ3v) is 8.52. The van der Waals surface area contributed by atoms with E-state index in [-0.39, 0.29) is 6.09 Å². The molecule has 0 saturated heterocycles. The standard InChI is InChI=1S/C17H25NO2SSi/c1-7-18(8-2)17(19)20-15-12(3)9-10-13-11-14(21-16(13)15)22(4,5)6/h9-11H,7-8H2,1-6H3. The average molecular weight is 336 g/mol. The highest BCUT2D eigenvalue weighted by atomic mass is 32.1. The summed E-state index contributed by atoms with van der Waals surface area (Å²) in [6.45, 7) is 14.3. The summed E-state index contributed by atoms with van der Waals surface area (Å²) in [5.74, 6) is 0.726. The lowest BCUT2D eigenvalue weighted by Crippen LogP contribution is -2.34. The molecule has 22 heavy (non-hydrogen) atoms. The number of nitrogens with zero attached hydrogens (tertiary/aromatic N) is 1. The second-order valence-corrected chi connectivity index (χ2v) is 13.0. The zero-order valence-electron chi connectivity index (χ0n) is 14.3.